The Balaban J connectivity index is 2.06. The molecule has 0 saturated carbocycles. The monoisotopic (exact) mass is 269 g/mol. The van der Waals surface area contributed by atoms with Gasteiger partial charge in [-0.25, -0.2) is 4.79 Å². The number of hydrogen-bond donors (Lipinski definition) is 0. The van der Waals surface area contributed by atoms with Crippen LogP contribution in [0.25, 0.3) is 0 Å². The van der Waals surface area contributed by atoms with E-state index >= 15 is 0 Å². The molecule has 0 aromatic carbocycles. The molecule has 2 aliphatic rings. The third-order valence-corrected chi connectivity index (χ3v) is 4.04. The van der Waals surface area contributed by atoms with Crippen LogP contribution < -0.4 is 0 Å². The van der Waals surface area contributed by atoms with Crippen molar-refractivity contribution in [3.05, 3.63) is 0 Å². The van der Waals surface area contributed by atoms with Crippen molar-refractivity contribution in [1.29, 1.82) is 0 Å². The van der Waals surface area contributed by atoms with Crippen LogP contribution in [0.3, 0.4) is 0 Å². The number of rotatable bonds is 3. The number of hydrogen-bond acceptors (Lipinski definition) is 4. The number of amides is 1. The minimum Gasteiger partial charge on any atom is -0.464 e. The molecule has 2 rings (SSSR count). The van der Waals surface area contributed by atoms with Gasteiger partial charge in [-0.3, -0.25) is 4.79 Å². The Morgan fingerprint density at radius 3 is 2.74 bits per heavy atom. The summed E-state index contributed by atoms with van der Waals surface area (Å²) in [6.07, 6.45) is 3.36. The first kappa shape index (κ1) is 14.3. The van der Waals surface area contributed by atoms with Crippen LogP contribution in [-0.4, -0.2) is 48.7 Å². The molecule has 0 spiro atoms. The van der Waals surface area contributed by atoms with Crippen molar-refractivity contribution >= 4 is 11.9 Å². The summed E-state index contributed by atoms with van der Waals surface area (Å²) < 4.78 is 10.5. The highest BCUT2D eigenvalue weighted by atomic mass is 16.5. The van der Waals surface area contributed by atoms with E-state index in [0.29, 0.717) is 26.2 Å². The Bertz CT molecular complexity index is 344. The number of nitrogens with zero attached hydrogens (tertiary/aromatic N) is 1. The van der Waals surface area contributed by atoms with E-state index in [2.05, 4.69) is 0 Å². The van der Waals surface area contributed by atoms with Crippen molar-refractivity contribution in [3.63, 3.8) is 0 Å². The van der Waals surface area contributed by atoms with Gasteiger partial charge < -0.3 is 14.4 Å². The van der Waals surface area contributed by atoms with Gasteiger partial charge in [-0.2, -0.15) is 0 Å². The maximum atomic E-state index is 12.6. The number of esters is 1. The average molecular weight is 269 g/mol. The molecule has 1 amide bonds. The Labute approximate surface area is 114 Å². The van der Waals surface area contributed by atoms with Crippen molar-refractivity contribution in [3.8, 4) is 0 Å². The van der Waals surface area contributed by atoms with E-state index in [0.717, 1.165) is 19.3 Å². The van der Waals surface area contributed by atoms with E-state index < -0.39 is 6.04 Å². The molecular formula is C14H23NO4. The minimum absolute atomic E-state index is 0.0442. The number of carbonyl (C=O) groups excluding carboxylic acids is 2. The molecule has 0 bridgehead atoms. The van der Waals surface area contributed by atoms with Crippen LogP contribution in [-0.2, 0) is 19.1 Å². The van der Waals surface area contributed by atoms with Gasteiger partial charge in [0.1, 0.15) is 6.04 Å². The van der Waals surface area contributed by atoms with Crippen LogP contribution in [0.15, 0.2) is 0 Å². The largest absolute Gasteiger partial charge is 0.464 e. The van der Waals surface area contributed by atoms with E-state index in [1.165, 1.54) is 0 Å². The average Bonchev–Trinajstić information content (AvgIpc) is 2.84. The van der Waals surface area contributed by atoms with Gasteiger partial charge in [-0.15, -0.1) is 0 Å². The molecular weight excluding hydrogens is 246 g/mol. The Kier molecular flexibility index (Phi) is 4.80. The SMILES string of the molecule is CCOC(=O)C1CCCCN1C(=O)C1CCOC1C. The van der Waals surface area contributed by atoms with Crippen LogP contribution in [0, 0.1) is 5.92 Å². The molecule has 2 aliphatic heterocycles. The molecule has 5 heteroatoms. The molecule has 0 aliphatic carbocycles. The van der Waals surface area contributed by atoms with Crippen LogP contribution in [0.1, 0.15) is 39.5 Å². The summed E-state index contributed by atoms with van der Waals surface area (Å²) in [6, 6.07) is -0.394. The van der Waals surface area contributed by atoms with Crippen molar-refractivity contribution in [2.45, 2.75) is 51.7 Å². The molecule has 19 heavy (non-hydrogen) atoms. The number of carbonyl (C=O) groups is 2. The summed E-state index contributed by atoms with van der Waals surface area (Å²) >= 11 is 0. The molecule has 2 heterocycles. The van der Waals surface area contributed by atoms with Crippen molar-refractivity contribution in [2.75, 3.05) is 19.8 Å². The molecule has 0 N–H and O–H groups in total. The van der Waals surface area contributed by atoms with E-state index in [1.54, 1.807) is 11.8 Å². The van der Waals surface area contributed by atoms with Gasteiger partial charge in [0.25, 0.3) is 0 Å². The lowest BCUT2D eigenvalue weighted by Crippen LogP contribution is -2.51. The quantitative estimate of drug-likeness (QED) is 0.726. The van der Waals surface area contributed by atoms with E-state index in [-0.39, 0.29) is 23.9 Å². The van der Waals surface area contributed by atoms with Crippen LogP contribution >= 0.6 is 0 Å². The van der Waals surface area contributed by atoms with Crippen molar-refractivity contribution < 1.29 is 19.1 Å². The van der Waals surface area contributed by atoms with Gasteiger partial charge >= 0.3 is 5.97 Å². The summed E-state index contributed by atoms with van der Waals surface area (Å²) in [5, 5.41) is 0. The minimum atomic E-state index is -0.394. The molecule has 2 saturated heterocycles. The second-order valence-electron chi connectivity index (χ2n) is 5.27. The molecule has 5 nitrogen and oxygen atoms in total. The molecule has 3 unspecified atom stereocenters. The topological polar surface area (TPSA) is 55.8 Å². The van der Waals surface area contributed by atoms with Gasteiger partial charge in [-0.05, 0) is 39.5 Å². The van der Waals surface area contributed by atoms with Gasteiger partial charge in [-0.1, -0.05) is 0 Å². The summed E-state index contributed by atoms with van der Waals surface area (Å²) in [6.45, 7) is 5.37. The highest BCUT2D eigenvalue weighted by Gasteiger charge is 2.39. The van der Waals surface area contributed by atoms with Gasteiger partial charge in [0.15, 0.2) is 0 Å². The first-order valence-corrected chi connectivity index (χ1v) is 7.24. The second kappa shape index (κ2) is 6.37. The smallest absolute Gasteiger partial charge is 0.328 e. The van der Waals surface area contributed by atoms with Gasteiger partial charge in [0, 0.05) is 13.2 Å². The normalized spacial score (nSPS) is 31.3. The number of piperidine rings is 1. The predicted molar refractivity (Wildman–Crippen MR) is 69.5 cm³/mol. The highest BCUT2D eigenvalue weighted by molar-refractivity contribution is 5.86. The first-order valence-electron chi connectivity index (χ1n) is 7.24. The van der Waals surface area contributed by atoms with E-state index in [4.69, 9.17) is 9.47 Å². The lowest BCUT2D eigenvalue weighted by atomic mass is 9.96. The zero-order valence-electron chi connectivity index (χ0n) is 11.8. The molecule has 0 radical (unpaired) electrons. The number of ether oxygens (including phenoxy) is 2. The maximum absolute atomic E-state index is 12.6. The van der Waals surface area contributed by atoms with Crippen LogP contribution in [0.2, 0.25) is 0 Å². The molecule has 0 aromatic rings. The second-order valence-corrected chi connectivity index (χ2v) is 5.27. The van der Waals surface area contributed by atoms with E-state index in [9.17, 15) is 9.59 Å². The highest BCUT2D eigenvalue weighted by Crippen LogP contribution is 2.27. The zero-order valence-corrected chi connectivity index (χ0v) is 11.8. The zero-order chi connectivity index (χ0) is 13.8. The summed E-state index contributed by atoms with van der Waals surface area (Å²) in [5.74, 6) is -0.306. The standard InChI is InChI=1S/C14H23NO4/c1-3-18-14(17)12-6-4-5-8-15(12)13(16)11-7-9-19-10(11)2/h10-12H,3-9H2,1-2H3. The molecule has 108 valence electrons. The van der Waals surface area contributed by atoms with E-state index in [1.807, 2.05) is 6.92 Å². The first-order chi connectivity index (χ1) is 9.15. The summed E-state index contributed by atoms with van der Waals surface area (Å²) in [5.41, 5.74) is 0. The fraction of sp³-hybridized carbons (Fsp3) is 0.857. The predicted octanol–water partition coefficient (Wildman–Crippen LogP) is 1.36. The van der Waals surface area contributed by atoms with Gasteiger partial charge in [0.2, 0.25) is 5.91 Å². The molecule has 3 atom stereocenters. The molecule has 2 fully saturated rings. The summed E-state index contributed by atoms with van der Waals surface area (Å²) in [7, 11) is 0. The van der Waals surface area contributed by atoms with Crippen LogP contribution in [0.5, 0.6) is 0 Å². The van der Waals surface area contributed by atoms with Gasteiger partial charge in [0.05, 0.1) is 18.6 Å². The third-order valence-electron chi connectivity index (χ3n) is 4.04. The summed E-state index contributed by atoms with van der Waals surface area (Å²) in [4.78, 5) is 26.2. The fourth-order valence-corrected chi connectivity index (χ4v) is 2.95. The lowest BCUT2D eigenvalue weighted by molar-refractivity contribution is -0.158. The molecule has 0 aromatic heterocycles. The fourth-order valence-electron chi connectivity index (χ4n) is 2.95. The Hall–Kier alpha value is -1.10. The lowest BCUT2D eigenvalue weighted by Gasteiger charge is -2.36. The van der Waals surface area contributed by atoms with Crippen molar-refractivity contribution in [2.24, 2.45) is 5.92 Å². The Morgan fingerprint density at radius 1 is 1.32 bits per heavy atom. The van der Waals surface area contributed by atoms with Crippen LogP contribution in [0.4, 0.5) is 0 Å². The number of likely N-dealkylation sites (tertiary alicyclic amines) is 1. The third kappa shape index (κ3) is 3.08. The van der Waals surface area contributed by atoms with Crippen molar-refractivity contribution in [1.82, 2.24) is 4.90 Å². The maximum Gasteiger partial charge on any atom is 0.328 e. The Morgan fingerprint density at radius 2 is 2.11 bits per heavy atom.